The lowest BCUT2D eigenvalue weighted by Crippen LogP contribution is -2.36. The predicted octanol–water partition coefficient (Wildman–Crippen LogP) is 2.80. The molecule has 8 nitrogen and oxygen atoms in total. The van der Waals surface area contributed by atoms with Gasteiger partial charge in [-0.2, -0.15) is 0 Å². The average Bonchev–Trinajstić information content (AvgIpc) is 3.39. The summed E-state index contributed by atoms with van der Waals surface area (Å²) in [6.07, 6.45) is 2.79. The molecule has 0 spiro atoms. The summed E-state index contributed by atoms with van der Waals surface area (Å²) in [7, 11) is 0. The number of aliphatic hydroxyl groups is 1. The van der Waals surface area contributed by atoms with Gasteiger partial charge in [0.25, 0.3) is 5.91 Å². The molecular formula is C24H22FN3O5. The number of aromatic nitrogens is 1. The maximum absolute atomic E-state index is 13.8. The molecule has 9 heteroatoms. The van der Waals surface area contributed by atoms with Crippen molar-refractivity contribution in [3.05, 3.63) is 65.3 Å². The van der Waals surface area contributed by atoms with Crippen molar-refractivity contribution in [3.63, 3.8) is 0 Å². The molecule has 3 aliphatic heterocycles. The van der Waals surface area contributed by atoms with Crippen molar-refractivity contribution >= 4 is 34.5 Å². The van der Waals surface area contributed by atoms with Gasteiger partial charge in [0.1, 0.15) is 29.0 Å². The Hall–Kier alpha value is -3.72. The highest BCUT2D eigenvalue weighted by atomic mass is 19.1. The molecule has 0 bridgehead atoms. The molecule has 2 aromatic rings. The summed E-state index contributed by atoms with van der Waals surface area (Å²) in [6, 6.07) is 6.79. The Kier molecular flexibility index (Phi) is 4.75. The molecule has 1 fully saturated rings. The van der Waals surface area contributed by atoms with Crippen molar-refractivity contribution < 1.29 is 28.9 Å². The Labute approximate surface area is 189 Å². The van der Waals surface area contributed by atoms with E-state index in [1.54, 1.807) is 29.3 Å². The van der Waals surface area contributed by atoms with Crippen LogP contribution >= 0.6 is 0 Å². The second kappa shape index (κ2) is 7.41. The zero-order valence-electron chi connectivity index (χ0n) is 18.0. The molecule has 0 unspecified atom stereocenters. The van der Waals surface area contributed by atoms with E-state index >= 15 is 0 Å². The molecule has 1 aromatic carbocycles. The monoisotopic (exact) mass is 451 g/mol. The minimum Gasteiger partial charge on any atom is -0.482 e. The second-order valence-electron chi connectivity index (χ2n) is 8.85. The first-order chi connectivity index (χ1) is 15.6. The first-order valence-corrected chi connectivity index (χ1v) is 10.5. The number of hydrogen-bond acceptors (Lipinski definition) is 6. The number of carboxylic acid groups (broad SMARTS) is 1. The van der Waals surface area contributed by atoms with E-state index in [0.717, 1.165) is 11.1 Å². The van der Waals surface area contributed by atoms with Crippen molar-refractivity contribution in [3.8, 4) is 0 Å². The van der Waals surface area contributed by atoms with Crippen LogP contribution in [0.3, 0.4) is 0 Å². The number of benzene rings is 1. The summed E-state index contributed by atoms with van der Waals surface area (Å²) in [5.41, 5.74) is 1.98. The third kappa shape index (κ3) is 3.54. The normalized spacial score (nSPS) is 25.5. The van der Waals surface area contributed by atoms with E-state index in [2.05, 4.69) is 10.3 Å². The molecule has 3 aliphatic rings. The van der Waals surface area contributed by atoms with Crippen LogP contribution in [0.25, 0.3) is 11.1 Å². The summed E-state index contributed by atoms with van der Waals surface area (Å²) in [5, 5.41) is 22.1. The van der Waals surface area contributed by atoms with E-state index in [1.807, 2.05) is 13.8 Å². The number of halogens is 1. The number of carboxylic acids is 1. The fraction of sp³-hybridized carbons (Fsp3) is 0.292. The van der Waals surface area contributed by atoms with Gasteiger partial charge in [0.2, 0.25) is 0 Å². The predicted molar refractivity (Wildman–Crippen MR) is 119 cm³/mol. The number of nitrogens with zero attached hydrogens (tertiary/aromatic N) is 2. The number of nitrogens with one attached hydrogen (secondary N) is 1. The van der Waals surface area contributed by atoms with Crippen LogP contribution in [0.15, 0.2) is 48.4 Å². The van der Waals surface area contributed by atoms with Crippen molar-refractivity contribution in [2.24, 2.45) is 0 Å². The Bertz CT molecular complexity index is 1240. The number of pyridine rings is 1. The number of aliphatic carboxylic acids is 1. The SMILES string of the molecule is CC1(C)OC(=C2C(=O)Nc3ccc(F)cc32)C=C1c1ccc(N2C[C@H](O)C[C@H]2C(=O)O)nc1. The van der Waals surface area contributed by atoms with Crippen molar-refractivity contribution in [2.45, 2.75) is 38.0 Å². The number of ether oxygens (including phenoxy) is 1. The molecule has 1 amide bonds. The van der Waals surface area contributed by atoms with Gasteiger partial charge in [-0.05, 0) is 50.3 Å². The van der Waals surface area contributed by atoms with Crippen molar-refractivity contribution in [2.75, 3.05) is 16.8 Å². The third-order valence-electron chi connectivity index (χ3n) is 6.18. The van der Waals surface area contributed by atoms with Gasteiger partial charge in [0, 0.05) is 41.5 Å². The fourth-order valence-corrected chi connectivity index (χ4v) is 4.62. The molecule has 33 heavy (non-hydrogen) atoms. The average molecular weight is 451 g/mol. The van der Waals surface area contributed by atoms with Crippen LogP contribution < -0.4 is 10.2 Å². The third-order valence-corrected chi connectivity index (χ3v) is 6.18. The highest BCUT2D eigenvalue weighted by Gasteiger charge is 2.39. The van der Waals surface area contributed by atoms with E-state index in [1.165, 1.54) is 18.2 Å². The molecule has 0 radical (unpaired) electrons. The van der Waals surface area contributed by atoms with E-state index in [4.69, 9.17) is 4.74 Å². The second-order valence-corrected chi connectivity index (χ2v) is 8.85. The Morgan fingerprint density at radius 2 is 2.09 bits per heavy atom. The molecule has 0 aliphatic carbocycles. The lowest BCUT2D eigenvalue weighted by molar-refractivity contribution is -0.138. The number of β-amino-alcohol motifs (C(OH)–C–C–N with tert-alkyl or cyclic N) is 1. The van der Waals surface area contributed by atoms with Crippen LogP contribution in [-0.2, 0) is 14.3 Å². The van der Waals surface area contributed by atoms with Gasteiger partial charge in [-0.15, -0.1) is 0 Å². The van der Waals surface area contributed by atoms with E-state index < -0.39 is 29.5 Å². The Morgan fingerprint density at radius 1 is 1.30 bits per heavy atom. The molecule has 1 aromatic heterocycles. The van der Waals surface area contributed by atoms with Crippen LogP contribution in [0.5, 0.6) is 0 Å². The van der Waals surface area contributed by atoms with Gasteiger partial charge < -0.3 is 25.2 Å². The highest BCUT2D eigenvalue weighted by molar-refractivity contribution is 6.32. The molecule has 3 N–H and O–H groups in total. The quantitative estimate of drug-likeness (QED) is 0.615. The van der Waals surface area contributed by atoms with Gasteiger partial charge >= 0.3 is 5.97 Å². The summed E-state index contributed by atoms with van der Waals surface area (Å²) in [4.78, 5) is 30.1. The summed E-state index contributed by atoms with van der Waals surface area (Å²) < 4.78 is 19.9. The first-order valence-electron chi connectivity index (χ1n) is 10.5. The van der Waals surface area contributed by atoms with E-state index in [9.17, 15) is 24.2 Å². The van der Waals surface area contributed by atoms with Crippen LogP contribution in [0.2, 0.25) is 0 Å². The molecule has 4 heterocycles. The maximum atomic E-state index is 13.8. The van der Waals surface area contributed by atoms with Crippen LogP contribution in [0.4, 0.5) is 15.9 Å². The smallest absolute Gasteiger partial charge is 0.326 e. The Morgan fingerprint density at radius 3 is 2.79 bits per heavy atom. The molecule has 2 atom stereocenters. The number of fused-ring (bicyclic) bond motifs is 1. The van der Waals surface area contributed by atoms with Gasteiger partial charge in [0.05, 0.1) is 11.7 Å². The highest BCUT2D eigenvalue weighted by Crippen LogP contribution is 2.44. The molecule has 5 rings (SSSR count). The fourth-order valence-electron chi connectivity index (χ4n) is 4.62. The number of carbonyl (C=O) groups is 2. The number of anilines is 2. The van der Waals surface area contributed by atoms with Crippen molar-refractivity contribution in [1.82, 2.24) is 4.98 Å². The van der Waals surface area contributed by atoms with Crippen LogP contribution in [0, 0.1) is 5.82 Å². The van der Waals surface area contributed by atoms with Gasteiger partial charge in [0.15, 0.2) is 0 Å². The number of hydrogen-bond donors (Lipinski definition) is 3. The zero-order valence-corrected chi connectivity index (χ0v) is 18.0. The topological polar surface area (TPSA) is 112 Å². The number of rotatable bonds is 3. The molecule has 1 saturated heterocycles. The van der Waals surface area contributed by atoms with Gasteiger partial charge in [-0.1, -0.05) is 0 Å². The Balaban J connectivity index is 1.51. The number of amides is 1. The first kappa shape index (κ1) is 21.1. The molecule has 0 saturated carbocycles. The van der Waals surface area contributed by atoms with Gasteiger partial charge in [-0.3, -0.25) is 4.79 Å². The minimum atomic E-state index is -1.01. The van der Waals surface area contributed by atoms with E-state index in [-0.39, 0.29) is 24.4 Å². The summed E-state index contributed by atoms with van der Waals surface area (Å²) in [6.45, 7) is 3.91. The molecular weight excluding hydrogens is 429 g/mol. The number of carbonyl (C=O) groups excluding carboxylic acids is 1. The largest absolute Gasteiger partial charge is 0.482 e. The number of aliphatic hydroxyl groups excluding tert-OH is 1. The van der Waals surface area contributed by atoms with E-state index in [0.29, 0.717) is 22.8 Å². The lowest BCUT2D eigenvalue weighted by atomic mass is 9.93. The summed E-state index contributed by atoms with van der Waals surface area (Å²) in [5.74, 6) is -1.02. The van der Waals surface area contributed by atoms with Crippen LogP contribution in [-0.4, -0.2) is 51.4 Å². The maximum Gasteiger partial charge on any atom is 0.326 e. The zero-order chi connectivity index (χ0) is 23.5. The summed E-state index contributed by atoms with van der Waals surface area (Å²) >= 11 is 0. The minimum absolute atomic E-state index is 0.145. The lowest BCUT2D eigenvalue weighted by Gasteiger charge is -2.25. The van der Waals surface area contributed by atoms with Crippen LogP contribution in [0.1, 0.15) is 31.4 Å². The van der Waals surface area contributed by atoms with Crippen molar-refractivity contribution in [1.29, 1.82) is 0 Å². The number of allylic oxidation sites excluding steroid dienone is 1. The van der Waals surface area contributed by atoms with Gasteiger partial charge in [-0.25, -0.2) is 14.2 Å². The molecule has 170 valence electrons. The standard InChI is InChI=1S/C24H22FN3O5/c1-24(2)16(9-19(33-24)21-15-7-13(25)4-5-17(15)27-22(21)30)12-3-6-20(26-10-12)28-11-14(29)8-18(28)23(31)32/h3-7,9-10,14,18,29H,8,11H2,1-2H3,(H,27,30)(H,31,32)/t14-,18+/m1/s1.